The standard InChI is InChI=1S/C12H16O2/c1-2-11-7-3-4-8-12(11)14-10-6-5-9-13/h2-4,7-8,13H,1,5-6,9-10H2. The first kappa shape index (κ1) is 10.8. The molecule has 0 atom stereocenters. The Kier molecular flexibility index (Phi) is 4.79. The number of rotatable bonds is 6. The van der Waals surface area contributed by atoms with Crippen molar-refractivity contribution < 1.29 is 9.84 Å². The molecular formula is C12H16O2. The zero-order valence-electron chi connectivity index (χ0n) is 8.28. The predicted octanol–water partition coefficient (Wildman–Crippen LogP) is 2.48. The fourth-order valence-electron chi connectivity index (χ4n) is 1.18. The van der Waals surface area contributed by atoms with Crippen LogP contribution in [0.3, 0.4) is 0 Å². The van der Waals surface area contributed by atoms with Gasteiger partial charge in [0.05, 0.1) is 6.61 Å². The normalized spacial score (nSPS) is 9.79. The highest BCUT2D eigenvalue weighted by atomic mass is 16.5. The lowest BCUT2D eigenvalue weighted by molar-refractivity contribution is 0.253. The topological polar surface area (TPSA) is 29.5 Å². The number of hydrogen-bond acceptors (Lipinski definition) is 2. The van der Waals surface area contributed by atoms with Crippen LogP contribution in [0, 0.1) is 0 Å². The third-order valence-electron chi connectivity index (χ3n) is 1.95. The Morgan fingerprint density at radius 2 is 2.07 bits per heavy atom. The van der Waals surface area contributed by atoms with Crippen LogP contribution < -0.4 is 4.74 Å². The van der Waals surface area contributed by atoms with Crippen LogP contribution in [0.25, 0.3) is 6.08 Å². The molecule has 76 valence electrons. The average molecular weight is 192 g/mol. The molecule has 0 unspecified atom stereocenters. The van der Waals surface area contributed by atoms with Crippen molar-refractivity contribution in [2.24, 2.45) is 0 Å². The minimum absolute atomic E-state index is 0.229. The highest BCUT2D eigenvalue weighted by Gasteiger charge is 1.97. The van der Waals surface area contributed by atoms with Crippen molar-refractivity contribution in [3.05, 3.63) is 36.4 Å². The molecule has 0 radical (unpaired) electrons. The van der Waals surface area contributed by atoms with Crippen LogP contribution in [0.2, 0.25) is 0 Å². The van der Waals surface area contributed by atoms with E-state index in [0.717, 1.165) is 24.2 Å². The van der Waals surface area contributed by atoms with E-state index in [2.05, 4.69) is 6.58 Å². The van der Waals surface area contributed by atoms with Crippen molar-refractivity contribution in [2.45, 2.75) is 12.8 Å². The fourth-order valence-corrected chi connectivity index (χ4v) is 1.18. The van der Waals surface area contributed by atoms with E-state index >= 15 is 0 Å². The lowest BCUT2D eigenvalue weighted by atomic mass is 10.2. The Bertz CT molecular complexity index is 281. The van der Waals surface area contributed by atoms with E-state index in [1.54, 1.807) is 6.08 Å². The van der Waals surface area contributed by atoms with Crippen molar-refractivity contribution >= 4 is 6.08 Å². The summed E-state index contributed by atoms with van der Waals surface area (Å²) in [5.41, 5.74) is 1.01. The van der Waals surface area contributed by atoms with Crippen molar-refractivity contribution in [2.75, 3.05) is 13.2 Å². The molecule has 0 aliphatic carbocycles. The second-order valence-corrected chi connectivity index (χ2v) is 3.02. The van der Waals surface area contributed by atoms with Crippen molar-refractivity contribution in [1.82, 2.24) is 0 Å². The van der Waals surface area contributed by atoms with Crippen LogP contribution in [-0.2, 0) is 0 Å². The summed E-state index contributed by atoms with van der Waals surface area (Å²) in [4.78, 5) is 0. The molecule has 0 aromatic heterocycles. The quantitative estimate of drug-likeness (QED) is 0.702. The summed E-state index contributed by atoms with van der Waals surface area (Å²) in [6.45, 7) is 4.59. The van der Waals surface area contributed by atoms with Crippen molar-refractivity contribution in [1.29, 1.82) is 0 Å². The van der Waals surface area contributed by atoms with Crippen LogP contribution in [0.15, 0.2) is 30.8 Å². The molecule has 0 amide bonds. The summed E-state index contributed by atoms with van der Waals surface area (Å²) in [7, 11) is 0. The first-order valence-corrected chi connectivity index (χ1v) is 4.83. The highest BCUT2D eigenvalue weighted by molar-refractivity contribution is 5.55. The molecule has 0 heterocycles. The maximum Gasteiger partial charge on any atom is 0.126 e. The van der Waals surface area contributed by atoms with E-state index in [9.17, 15) is 0 Å². The molecule has 1 rings (SSSR count). The molecule has 2 nitrogen and oxygen atoms in total. The molecule has 0 spiro atoms. The first-order chi connectivity index (χ1) is 6.88. The number of benzene rings is 1. The maximum atomic E-state index is 8.59. The van der Waals surface area contributed by atoms with E-state index < -0.39 is 0 Å². The molecule has 0 bridgehead atoms. The van der Waals surface area contributed by atoms with E-state index in [4.69, 9.17) is 9.84 Å². The average Bonchev–Trinajstić information content (AvgIpc) is 2.25. The SMILES string of the molecule is C=Cc1ccccc1OCCCCO. The van der Waals surface area contributed by atoms with Crippen LogP contribution in [0.4, 0.5) is 0 Å². The Balaban J connectivity index is 2.45. The second-order valence-electron chi connectivity index (χ2n) is 3.02. The summed E-state index contributed by atoms with van der Waals surface area (Å²) >= 11 is 0. The van der Waals surface area contributed by atoms with Gasteiger partial charge in [0.15, 0.2) is 0 Å². The molecule has 0 saturated carbocycles. The number of hydrogen-bond donors (Lipinski definition) is 1. The molecule has 14 heavy (non-hydrogen) atoms. The summed E-state index contributed by atoms with van der Waals surface area (Å²) in [6, 6.07) is 7.79. The molecule has 0 fully saturated rings. The minimum Gasteiger partial charge on any atom is -0.493 e. The summed E-state index contributed by atoms with van der Waals surface area (Å²) in [5.74, 6) is 0.862. The lowest BCUT2D eigenvalue weighted by Crippen LogP contribution is -1.99. The van der Waals surface area contributed by atoms with Crippen molar-refractivity contribution in [3.63, 3.8) is 0 Å². The third kappa shape index (κ3) is 3.23. The smallest absolute Gasteiger partial charge is 0.126 e. The molecule has 0 saturated heterocycles. The molecule has 1 N–H and O–H groups in total. The molecule has 1 aromatic carbocycles. The summed E-state index contributed by atoms with van der Waals surface area (Å²) in [6.07, 6.45) is 3.44. The second kappa shape index (κ2) is 6.22. The van der Waals surface area contributed by atoms with E-state index in [1.807, 2.05) is 24.3 Å². The van der Waals surface area contributed by atoms with Crippen LogP contribution in [0.1, 0.15) is 18.4 Å². The Hall–Kier alpha value is -1.28. The van der Waals surface area contributed by atoms with Gasteiger partial charge in [-0.05, 0) is 18.9 Å². The lowest BCUT2D eigenvalue weighted by Gasteiger charge is -2.08. The number of para-hydroxylation sites is 1. The largest absolute Gasteiger partial charge is 0.493 e. The number of ether oxygens (including phenoxy) is 1. The van der Waals surface area contributed by atoms with Gasteiger partial charge in [0, 0.05) is 12.2 Å². The maximum absolute atomic E-state index is 8.59. The van der Waals surface area contributed by atoms with Gasteiger partial charge < -0.3 is 9.84 Å². The van der Waals surface area contributed by atoms with Gasteiger partial charge in [0.2, 0.25) is 0 Å². The van der Waals surface area contributed by atoms with Crippen molar-refractivity contribution in [3.8, 4) is 5.75 Å². The molecule has 2 heteroatoms. The van der Waals surface area contributed by atoms with Crippen LogP contribution in [0.5, 0.6) is 5.75 Å². The monoisotopic (exact) mass is 192 g/mol. The third-order valence-corrected chi connectivity index (χ3v) is 1.95. The predicted molar refractivity (Wildman–Crippen MR) is 58.3 cm³/mol. The van der Waals surface area contributed by atoms with E-state index in [-0.39, 0.29) is 6.61 Å². The number of unbranched alkanes of at least 4 members (excludes halogenated alkanes) is 1. The Labute approximate surface area is 84.8 Å². The zero-order valence-corrected chi connectivity index (χ0v) is 8.28. The molecular weight excluding hydrogens is 176 g/mol. The molecule has 0 aliphatic rings. The van der Waals surface area contributed by atoms with Gasteiger partial charge in [-0.3, -0.25) is 0 Å². The fraction of sp³-hybridized carbons (Fsp3) is 0.333. The molecule has 0 aliphatic heterocycles. The van der Waals surface area contributed by atoms with Crippen LogP contribution in [-0.4, -0.2) is 18.3 Å². The van der Waals surface area contributed by atoms with Gasteiger partial charge in [0.25, 0.3) is 0 Å². The minimum atomic E-state index is 0.229. The van der Waals surface area contributed by atoms with E-state index in [0.29, 0.717) is 6.61 Å². The first-order valence-electron chi connectivity index (χ1n) is 4.83. The van der Waals surface area contributed by atoms with E-state index in [1.165, 1.54) is 0 Å². The number of aliphatic hydroxyl groups excluding tert-OH is 1. The Morgan fingerprint density at radius 3 is 2.79 bits per heavy atom. The number of aliphatic hydroxyl groups is 1. The summed E-state index contributed by atoms with van der Waals surface area (Å²) in [5, 5.41) is 8.59. The van der Waals surface area contributed by atoms with Gasteiger partial charge in [0.1, 0.15) is 5.75 Å². The van der Waals surface area contributed by atoms with Gasteiger partial charge >= 0.3 is 0 Å². The van der Waals surface area contributed by atoms with Gasteiger partial charge in [-0.1, -0.05) is 30.9 Å². The van der Waals surface area contributed by atoms with Gasteiger partial charge in [-0.25, -0.2) is 0 Å². The zero-order chi connectivity index (χ0) is 10.2. The van der Waals surface area contributed by atoms with Gasteiger partial charge in [-0.15, -0.1) is 0 Å². The summed E-state index contributed by atoms with van der Waals surface area (Å²) < 4.78 is 5.55. The van der Waals surface area contributed by atoms with Gasteiger partial charge in [-0.2, -0.15) is 0 Å². The Morgan fingerprint density at radius 1 is 1.29 bits per heavy atom. The molecule has 1 aromatic rings. The van der Waals surface area contributed by atoms with Crippen LogP contribution >= 0.6 is 0 Å². The highest BCUT2D eigenvalue weighted by Crippen LogP contribution is 2.18.